The fourth-order valence-electron chi connectivity index (χ4n) is 0.181. The number of hydrogen-bond acceptors (Lipinski definition) is 1. The van der Waals surface area contributed by atoms with Crippen LogP contribution in [0.5, 0.6) is 0 Å². The summed E-state index contributed by atoms with van der Waals surface area (Å²) in [6.45, 7) is 2.04. The molecule has 0 aromatic rings. The third-order valence-electron chi connectivity index (χ3n) is 0.452. The van der Waals surface area contributed by atoms with E-state index in [-0.39, 0.29) is 0 Å². The monoisotopic (exact) mass is 299 g/mol. The van der Waals surface area contributed by atoms with Crippen molar-refractivity contribution in [3.8, 4) is 0 Å². The molecule has 0 spiro atoms. The molecule has 0 fully saturated rings. The van der Waals surface area contributed by atoms with Gasteiger partial charge >= 0.3 is 64.7 Å². The van der Waals surface area contributed by atoms with Gasteiger partial charge in [0.25, 0.3) is 0 Å². The van der Waals surface area contributed by atoms with Gasteiger partial charge in [0, 0.05) is 0 Å². The molecule has 0 unspecified atom stereocenters. The Hall–Kier alpha value is 0.258. The van der Waals surface area contributed by atoms with Crippen molar-refractivity contribution in [2.75, 3.05) is 0 Å². The number of nitrogens with zero attached hydrogens (tertiary/aromatic N) is 1. The van der Waals surface area contributed by atoms with Crippen LogP contribution in [0.15, 0.2) is 17.3 Å². The molecule has 0 atom stereocenters. The molecule has 3 heteroatoms. The van der Waals surface area contributed by atoms with E-state index in [1.165, 1.54) is 28.9 Å². The Morgan fingerprint density at radius 1 is 1.75 bits per heavy atom. The third kappa shape index (κ3) is 6.26. The van der Waals surface area contributed by atoms with Crippen LogP contribution in [0.25, 0.3) is 0 Å². The molecule has 0 heterocycles. The van der Waals surface area contributed by atoms with E-state index in [2.05, 4.69) is 4.99 Å². The van der Waals surface area contributed by atoms with Gasteiger partial charge in [-0.25, -0.2) is 0 Å². The molecule has 0 aliphatic heterocycles. The SMILES string of the molecule is C[C](=[W])/C=C\N=CCl. The molecule has 1 nitrogen and oxygen atoms in total. The molecule has 0 radical (unpaired) electrons. The van der Waals surface area contributed by atoms with Crippen LogP contribution in [0.4, 0.5) is 0 Å². The minimum atomic E-state index is 1.24. The van der Waals surface area contributed by atoms with E-state index in [9.17, 15) is 0 Å². The first-order valence-corrected chi connectivity index (χ1v) is 3.96. The molecule has 8 heavy (non-hydrogen) atoms. The first kappa shape index (κ1) is 8.26. The maximum atomic E-state index is 5.14. The predicted octanol–water partition coefficient (Wildman–Crippen LogP) is 1.51. The average Bonchev–Trinajstić information content (AvgIpc) is 1.66. The number of hydrogen-bond donors (Lipinski definition) is 0. The fraction of sp³-hybridized carbons (Fsp3) is 0.200. The second kappa shape index (κ2) is 5.40. The summed E-state index contributed by atoms with van der Waals surface area (Å²) >= 11 is 6.60. The van der Waals surface area contributed by atoms with Crippen LogP contribution in [0.3, 0.4) is 0 Å². The Morgan fingerprint density at radius 2 is 2.38 bits per heavy atom. The zero-order chi connectivity index (χ0) is 6.41. The summed E-state index contributed by atoms with van der Waals surface area (Å²) in [7, 11) is 0. The molecule has 0 amide bonds. The van der Waals surface area contributed by atoms with Gasteiger partial charge in [-0.15, -0.1) is 0 Å². The number of allylic oxidation sites excluding steroid dienone is 1. The van der Waals surface area contributed by atoms with Crippen molar-refractivity contribution >= 4 is 21.2 Å². The van der Waals surface area contributed by atoms with Crippen LogP contribution in [-0.4, -0.2) is 9.57 Å². The van der Waals surface area contributed by atoms with Gasteiger partial charge in [-0.2, -0.15) is 0 Å². The zero-order valence-corrected chi connectivity index (χ0v) is 8.15. The molecular weight excluding hydrogens is 293 g/mol. The molecule has 0 aromatic carbocycles. The van der Waals surface area contributed by atoms with E-state index in [0.29, 0.717) is 0 Å². The number of halogens is 1. The molecular formula is C5H6ClNW. The van der Waals surface area contributed by atoms with Crippen LogP contribution in [0.2, 0.25) is 0 Å². The van der Waals surface area contributed by atoms with Gasteiger partial charge in [0.1, 0.15) is 0 Å². The predicted molar refractivity (Wildman–Crippen MR) is 34.2 cm³/mol. The molecule has 0 N–H and O–H groups in total. The molecule has 0 rings (SSSR count). The average molecular weight is 299 g/mol. The summed E-state index contributed by atoms with van der Waals surface area (Å²) in [5.74, 6) is 0. The molecule has 0 aliphatic carbocycles. The Kier molecular flexibility index (Phi) is 5.57. The molecule has 0 aliphatic rings. The van der Waals surface area contributed by atoms with E-state index in [4.69, 9.17) is 11.6 Å². The Morgan fingerprint density at radius 3 is 2.75 bits per heavy atom. The Balaban J connectivity index is 3.50. The van der Waals surface area contributed by atoms with E-state index in [1.54, 1.807) is 6.20 Å². The third-order valence-corrected chi connectivity index (χ3v) is 1.05. The normalized spacial score (nSPS) is 11.2. The van der Waals surface area contributed by atoms with Crippen molar-refractivity contribution < 1.29 is 19.4 Å². The van der Waals surface area contributed by atoms with E-state index in [0.717, 1.165) is 0 Å². The Bertz CT molecular complexity index is 128. The summed E-state index contributed by atoms with van der Waals surface area (Å²) in [5.41, 5.74) is 1.24. The molecule has 0 aromatic heterocycles. The van der Waals surface area contributed by atoms with Gasteiger partial charge in [-0.1, -0.05) is 0 Å². The minimum absolute atomic E-state index is 1.24. The standard InChI is InChI=1S/C5H6ClN.W/c1-2-3-4-7-5-6;/h3-5H,1H3;/b4-3-,7-5?;. The van der Waals surface area contributed by atoms with E-state index < -0.39 is 0 Å². The molecule has 44 valence electrons. The molecule has 0 bridgehead atoms. The van der Waals surface area contributed by atoms with Gasteiger partial charge in [0.05, 0.1) is 0 Å². The van der Waals surface area contributed by atoms with Crippen LogP contribution >= 0.6 is 11.6 Å². The molecule has 0 saturated carbocycles. The number of rotatable bonds is 2. The first-order chi connectivity index (χ1) is 3.77. The summed E-state index contributed by atoms with van der Waals surface area (Å²) < 4.78 is 1.30. The zero-order valence-electron chi connectivity index (χ0n) is 4.47. The van der Waals surface area contributed by atoms with Gasteiger partial charge in [0.15, 0.2) is 0 Å². The quantitative estimate of drug-likeness (QED) is 0.685. The second-order valence-electron chi connectivity index (χ2n) is 1.17. The fourth-order valence-corrected chi connectivity index (χ4v) is 0.464. The van der Waals surface area contributed by atoms with Crippen LogP contribution in [0.1, 0.15) is 6.92 Å². The number of aliphatic imine (C=N–C) groups is 1. The maximum absolute atomic E-state index is 5.14. The second-order valence-corrected chi connectivity index (χ2v) is 3.68. The summed E-state index contributed by atoms with van der Waals surface area (Å²) in [5, 5.41) is 0. The Labute approximate surface area is 64.9 Å². The first-order valence-electron chi connectivity index (χ1n) is 2.06. The topological polar surface area (TPSA) is 12.4 Å². The molecule has 0 saturated heterocycles. The van der Waals surface area contributed by atoms with Gasteiger partial charge in [-0.05, 0) is 0 Å². The van der Waals surface area contributed by atoms with Crippen molar-refractivity contribution in [2.24, 2.45) is 4.99 Å². The van der Waals surface area contributed by atoms with Gasteiger partial charge in [0.2, 0.25) is 0 Å². The summed E-state index contributed by atoms with van der Waals surface area (Å²) in [4.78, 5) is 3.66. The van der Waals surface area contributed by atoms with E-state index in [1.807, 2.05) is 13.0 Å². The van der Waals surface area contributed by atoms with Crippen molar-refractivity contribution in [2.45, 2.75) is 6.92 Å². The summed E-state index contributed by atoms with van der Waals surface area (Å²) in [6, 6.07) is 0. The van der Waals surface area contributed by atoms with Crippen LogP contribution in [-0.2, 0) is 19.4 Å². The van der Waals surface area contributed by atoms with Crippen LogP contribution < -0.4 is 0 Å². The van der Waals surface area contributed by atoms with Crippen LogP contribution in [0, 0.1) is 0 Å². The van der Waals surface area contributed by atoms with Crippen molar-refractivity contribution in [3.63, 3.8) is 0 Å². The van der Waals surface area contributed by atoms with Gasteiger partial charge < -0.3 is 0 Å². The van der Waals surface area contributed by atoms with Crippen molar-refractivity contribution in [1.29, 1.82) is 0 Å². The van der Waals surface area contributed by atoms with E-state index >= 15 is 0 Å². The van der Waals surface area contributed by atoms with Gasteiger partial charge in [-0.3, -0.25) is 0 Å². The van der Waals surface area contributed by atoms with Crippen molar-refractivity contribution in [1.82, 2.24) is 0 Å². The summed E-state index contributed by atoms with van der Waals surface area (Å²) in [6.07, 6.45) is 3.60. The van der Waals surface area contributed by atoms with Crippen molar-refractivity contribution in [3.05, 3.63) is 12.3 Å².